The molecule has 3 N–H and O–H groups in total. The van der Waals surface area contributed by atoms with E-state index in [1.807, 2.05) is 0 Å². The average Bonchev–Trinajstić information content (AvgIpc) is 2.70. The molecule has 28 heavy (non-hydrogen) atoms. The summed E-state index contributed by atoms with van der Waals surface area (Å²) in [6.07, 6.45) is 12.1. The van der Waals surface area contributed by atoms with Gasteiger partial charge in [-0.3, -0.25) is 4.79 Å². The minimum atomic E-state index is -0.173. The van der Waals surface area contributed by atoms with E-state index in [1.165, 1.54) is 18.4 Å². The Kier molecular flexibility index (Phi) is 4.42. The van der Waals surface area contributed by atoms with Crippen molar-refractivity contribution in [3.63, 3.8) is 0 Å². The Morgan fingerprint density at radius 2 is 1.68 bits per heavy atom. The third-order valence-corrected chi connectivity index (χ3v) is 8.48. The first kappa shape index (κ1) is 18.4. The largest absolute Gasteiger partial charge is 0.353 e. The van der Waals surface area contributed by atoms with Crippen LogP contribution < -0.4 is 11.1 Å². The Hall–Kier alpha value is -1.61. The maximum absolute atomic E-state index is 13.7. The predicted octanol–water partition coefficient (Wildman–Crippen LogP) is 4.47. The molecule has 1 aromatic rings. The van der Waals surface area contributed by atoms with Gasteiger partial charge in [0.05, 0.1) is 5.41 Å². The summed E-state index contributed by atoms with van der Waals surface area (Å²) in [5, 5.41) is 3.48. The van der Waals surface area contributed by atoms with Crippen molar-refractivity contribution < 1.29 is 4.79 Å². The van der Waals surface area contributed by atoms with E-state index < -0.39 is 0 Å². The summed E-state index contributed by atoms with van der Waals surface area (Å²) in [6.45, 7) is 2.20. The van der Waals surface area contributed by atoms with Gasteiger partial charge in [0.2, 0.25) is 5.91 Å². The molecule has 0 spiro atoms. The van der Waals surface area contributed by atoms with E-state index in [0.717, 1.165) is 44.9 Å². The second kappa shape index (κ2) is 6.73. The molecule has 6 rings (SSSR count). The van der Waals surface area contributed by atoms with Crippen LogP contribution in [0.15, 0.2) is 42.0 Å². The van der Waals surface area contributed by atoms with E-state index in [-0.39, 0.29) is 10.8 Å². The zero-order valence-electron chi connectivity index (χ0n) is 17.1. The quantitative estimate of drug-likeness (QED) is 0.763. The van der Waals surface area contributed by atoms with Gasteiger partial charge < -0.3 is 11.1 Å². The Morgan fingerprint density at radius 3 is 2.29 bits per heavy atom. The fourth-order valence-electron chi connectivity index (χ4n) is 7.41. The van der Waals surface area contributed by atoms with E-state index in [4.69, 9.17) is 5.73 Å². The van der Waals surface area contributed by atoms with E-state index in [0.29, 0.717) is 29.8 Å². The van der Waals surface area contributed by atoms with Gasteiger partial charge in [0.15, 0.2) is 0 Å². The maximum atomic E-state index is 13.7. The molecule has 5 fully saturated rings. The smallest absolute Gasteiger partial charge is 0.226 e. The molecule has 2 unspecified atom stereocenters. The number of benzene rings is 1. The zero-order valence-corrected chi connectivity index (χ0v) is 17.1. The number of amides is 1. The minimum Gasteiger partial charge on any atom is -0.353 e. The van der Waals surface area contributed by atoms with Crippen LogP contribution in [0.1, 0.15) is 70.3 Å². The maximum Gasteiger partial charge on any atom is 0.226 e. The lowest BCUT2D eigenvalue weighted by molar-refractivity contribution is -0.145. The predicted molar refractivity (Wildman–Crippen MR) is 113 cm³/mol. The molecular weight excluding hydrogens is 344 g/mol. The van der Waals surface area contributed by atoms with Crippen molar-refractivity contribution in [2.45, 2.75) is 82.2 Å². The first-order chi connectivity index (χ1) is 13.5. The third kappa shape index (κ3) is 2.85. The molecule has 1 amide bonds. The lowest BCUT2D eigenvalue weighted by Gasteiger charge is -2.62. The topological polar surface area (TPSA) is 55.1 Å². The number of carbonyl (C=O) groups is 1. The number of allylic oxidation sites excluding steroid dienone is 2. The molecule has 3 heteroatoms. The summed E-state index contributed by atoms with van der Waals surface area (Å²) in [4.78, 5) is 13.7. The monoisotopic (exact) mass is 378 g/mol. The van der Waals surface area contributed by atoms with Crippen LogP contribution in [0.4, 0.5) is 0 Å². The lowest BCUT2D eigenvalue weighted by Crippen LogP contribution is -2.60. The number of nitrogens with one attached hydrogen (secondary N) is 1. The van der Waals surface area contributed by atoms with E-state index in [2.05, 4.69) is 48.6 Å². The average molecular weight is 379 g/mol. The number of rotatable bonds is 3. The molecule has 5 aliphatic carbocycles. The van der Waals surface area contributed by atoms with Gasteiger partial charge in [-0.15, -0.1) is 0 Å². The van der Waals surface area contributed by atoms with Gasteiger partial charge in [-0.1, -0.05) is 42.0 Å². The molecule has 4 bridgehead atoms. The van der Waals surface area contributed by atoms with Gasteiger partial charge in [-0.25, -0.2) is 0 Å². The Balaban J connectivity index is 1.44. The number of nitrogens with two attached hydrogens (primary N) is 1. The highest BCUT2D eigenvalue weighted by molar-refractivity contribution is 5.84. The first-order valence-corrected chi connectivity index (χ1v) is 11.3. The third-order valence-electron chi connectivity index (χ3n) is 8.48. The van der Waals surface area contributed by atoms with Crippen molar-refractivity contribution in [3.8, 4) is 0 Å². The molecular formula is C25H34N2O. The highest BCUT2D eigenvalue weighted by atomic mass is 16.2. The first-order valence-electron chi connectivity index (χ1n) is 11.3. The van der Waals surface area contributed by atoms with Gasteiger partial charge in [0.25, 0.3) is 0 Å². The molecule has 0 radical (unpaired) electrons. The summed E-state index contributed by atoms with van der Waals surface area (Å²) in [7, 11) is 0. The van der Waals surface area contributed by atoms with Crippen molar-refractivity contribution >= 4 is 5.91 Å². The van der Waals surface area contributed by atoms with E-state index in [1.54, 1.807) is 5.57 Å². The summed E-state index contributed by atoms with van der Waals surface area (Å²) < 4.78 is 0. The van der Waals surface area contributed by atoms with Crippen LogP contribution in [0, 0.1) is 17.3 Å². The summed E-state index contributed by atoms with van der Waals surface area (Å²) in [5.41, 5.74) is 9.18. The fourth-order valence-corrected chi connectivity index (χ4v) is 7.41. The van der Waals surface area contributed by atoms with Crippen LogP contribution >= 0.6 is 0 Å². The molecule has 5 saturated carbocycles. The molecule has 0 heterocycles. The highest BCUT2D eigenvalue weighted by Gasteiger charge is 2.62. The van der Waals surface area contributed by atoms with E-state index >= 15 is 0 Å². The summed E-state index contributed by atoms with van der Waals surface area (Å²) in [5.74, 6) is 1.51. The molecule has 1 aromatic carbocycles. The number of hydrogen-bond donors (Lipinski definition) is 2. The van der Waals surface area contributed by atoms with Gasteiger partial charge in [-0.2, -0.15) is 0 Å². The number of carbonyl (C=O) groups excluding carboxylic acids is 1. The highest BCUT2D eigenvalue weighted by Crippen LogP contribution is 2.67. The van der Waals surface area contributed by atoms with Crippen molar-refractivity contribution in [3.05, 3.63) is 47.5 Å². The van der Waals surface area contributed by atoms with Gasteiger partial charge in [-0.05, 0) is 87.5 Å². The molecule has 5 aliphatic rings. The Bertz CT molecular complexity index is 757. The van der Waals surface area contributed by atoms with Crippen molar-refractivity contribution in [2.24, 2.45) is 23.0 Å². The number of hydrogen-bond acceptors (Lipinski definition) is 2. The summed E-state index contributed by atoms with van der Waals surface area (Å²) in [6, 6.07) is 11.7. The SMILES string of the molecule is CC=C1C2CC3(C(=O)NC4CCC(N)CC4)CC1CC(c1ccccc1)(C2)C3. The Morgan fingerprint density at radius 1 is 1.04 bits per heavy atom. The zero-order chi connectivity index (χ0) is 19.4. The molecule has 2 atom stereocenters. The fraction of sp³-hybridized carbons (Fsp3) is 0.640. The van der Waals surface area contributed by atoms with Crippen LogP contribution in [-0.4, -0.2) is 18.0 Å². The standard InChI is InChI=1S/C25H34N2O/c1-2-22-17-12-24(19-6-4-3-5-7-19)13-18(22)15-25(14-17,16-24)23(28)27-21-10-8-20(26)9-11-21/h2-7,17-18,20-21H,8-16,26H2,1H3,(H,27,28). The van der Waals surface area contributed by atoms with Gasteiger partial charge in [0, 0.05) is 12.1 Å². The van der Waals surface area contributed by atoms with E-state index in [9.17, 15) is 4.79 Å². The molecule has 0 saturated heterocycles. The van der Waals surface area contributed by atoms with Crippen LogP contribution in [-0.2, 0) is 10.2 Å². The summed E-state index contributed by atoms with van der Waals surface area (Å²) >= 11 is 0. The molecule has 3 nitrogen and oxygen atoms in total. The van der Waals surface area contributed by atoms with Crippen LogP contribution in [0.3, 0.4) is 0 Å². The second-order valence-electron chi connectivity index (χ2n) is 10.2. The molecule has 0 aromatic heterocycles. The van der Waals surface area contributed by atoms with Gasteiger partial charge in [0.1, 0.15) is 0 Å². The molecule has 150 valence electrons. The lowest BCUT2D eigenvalue weighted by atomic mass is 9.41. The Labute approximate surface area is 169 Å². The second-order valence-corrected chi connectivity index (χ2v) is 10.2. The van der Waals surface area contributed by atoms with Crippen LogP contribution in [0.25, 0.3) is 0 Å². The normalized spacial score (nSPS) is 41.7. The van der Waals surface area contributed by atoms with Crippen molar-refractivity contribution in [2.75, 3.05) is 0 Å². The minimum absolute atomic E-state index is 0.173. The van der Waals surface area contributed by atoms with Gasteiger partial charge >= 0.3 is 0 Å². The van der Waals surface area contributed by atoms with Crippen molar-refractivity contribution in [1.29, 1.82) is 0 Å². The van der Waals surface area contributed by atoms with Crippen LogP contribution in [0.2, 0.25) is 0 Å². The molecule has 0 aliphatic heterocycles. The van der Waals surface area contributed by atoms with Crippen LogP contribution in [0.5, 0.6) is 0 Å². The van der Waals surface area contributed by atoms with Crippen molar-refractivity contribution in [1.82, 2.24) is 5.32 Å².